The predicted octanol–water partition coefficient (Wildman–Crippen LogP) is 2.58. The Kier molecular flexibility index (Phi) is 4.44. The number of rotatable bonds is 5. The third-order valence-electron chi connectivity index (χ3n) is 3.16. The Morgan fingerprint density at radius 1 is 1.55 bits per heavy atom. The molecule has 108 valence electrons. The van der Waals surface area contributed by atoms with Crippen molar-refractivity contribution in [2.75, 3.05) is 26.0 Å². The first-order valence-corrected chi connectivity index (χ1v) is 7.33. The Bertz CT molecular complexity index is 611. The van der Waals surface area contributed by atoms with Gasteiger partial charge in [0.2, 0.25) is 5.91 Å². The quantitative estimate of drug-likeness (QED) is 0.920. The maximum absolute atomic E-state index is 12.0. The third kappa shape index (κ3) is 3.01. The van der Waals surface area contributed by atoms with Crippen LogP contribution in [0.2, 0.25) is 0 Å². The van der Waals surface area contributed by atoms with Crippen LogP contribution < -0.4 is 10.1 Å². The molecule has 1 atom stereocenters. The van der Waals surface area contributed by atoms with Crippen molar-refractivity contribution in [2.24, 2.45) is 0 Å². The Morgan fingerprint density at radius 2 is 2.30 bits per heavy atom. The molecule has 5 nitrogen and oxygen atoms in total. The molecular formula is C14H19N3O2S. The van der Waals surface area contributed by atoms with Crippen LogP contribution in [-0.4, -0.2) is 42.5 Å². The van der Waals surface area contributed by atoms with Gasteiger partial charge < -0.3 is 15.0 Å². The van der Waals surface area contributed by atoms with Crippen molar-refractivity contribution in [1.82, 2.24) is 9.88 Å². The van der Waals surface area contributed by atoms with E-state index in [0.717, 1.165) is 21.1 Å². The summed E-state index contributed by atoms with van der Waals surface area (Å²) in [6.07, 6.45) is 0. The molecule has 6 heteroatoms. The maximum atomic E-state index is 12.0. The van der Waals surface area contributed by atoms with Gasteiger partial charge in [-0.3, -0.25) is 4.79 Å². The lowest BCUT2D eigenvalue weighted by molar-refractivity contribution is -0.130. The van der Waals surface area contributed by atoms with Crippen molar-refractivity contribution in [3.63, 3.8) is 0 Å². The Morgan fingerprint density at radius 3 is 2.95 bits per heavy atom. The number of ether oxygens (including phenoxy) is 1. The number of methoxy groups -OCH3 is 1. The highest BCUT2D eigenvalue weighted by atomic mass is 32.1. The zero-order valence-electron chi connectivity index (χ0n) is 12.1. The molecule has 20 heavy (non-hydrogen) atoms. The monoisotopic (exact) mass is 293 g/mol. The maximum Gasteiger partial charge on any atom is 0.244 e. The average Bonchev–Trinajstić information content (AvgIpc) is 2.86. The zero-order valence-corrected chi connectivity index (χ0v) is 13.0. The van der Waals surface area contributed by atoms with Crippen molar-refractivity contribution < 1.29 is 9.53 Å². The second-order valence-corrected chi connectivity index (χ2v) is 5.60. The molecular weight excluding hydrogens is 274 g/mol. The van der Waals surface area contributed by atoms with Crippen LogP contribution in [-0.2, 0) is 4.79 Å². The lowest BCUT2D eigenvalue weighted by atomic mass is 10.3. The summed E-state index contributed by atoms with van der Waals surface area (Å²) in [6.45, 7) is 4.50. The van der Waals surface area contributed by atoms with E-state index in [1.165, 1.54) is 11.3 Å². The van der Waals surface area contributed by atoms with Crippen LogP contribution in [0, 0.1) is 0 Å². The molecule has 0 aliphatic heterocycles. The van der Waals surface area contributed by atoms with E-state index in [1.807, 2.05) is 32.0 Å². The molecule has 0 saturated carbocycles. The van der Waals surface area contributed by atoms with E-state index in [-0.39, 0.29) is 11.9 Å². The largest absolute Gasteiger partial charge is 0.497 e. The van der Waals surface area contributed by atoms with E-state index in [2.05, 4.69) is 10.3 Å². The minimum atomic E-state index is -0.289. The molecule has 0 radical (unpaired) electrons. The molecule has 1 unspecified atom stereocenters. The number of fused-ring (bicyclic) bond motifs is 1. The van der Waals surface area contributed by atoms with Crippen LogP contribution in [0.3, 0.4) is 0 Å². The molecule has 0 fully saturated rings. The highest BCUT2D eigenvalue weighted by Gasteiger charge is 2.17. The highest BCUT2D eigenvalue weighted by Crippen LogP contribution is 2.29. The number of hydrogen-bond donors (Lipinski definition) is 1. The van der Waals surface area contributed by atoms with Crippen LogP contribution in [0.4, 0.5) is 5.13 Å². The fourth-order valence-electron chi connectivity index (χ4n) is 1.83. The number of likely N-dealkylation sites (N-methyl/N-ethyl adjacent to an activating group) is 1. The summed E-state index contributed by atoms with van der Waals surface area (Å²) in [6, 6.07) is 5.46. The summed E-state index contributed by atoms with van der Waals surface area (Å²) in [5.74, 6) is 0.867. The number of carbonyl (C=O) groups is 1. The van der Waals surface area contributed by atoms with Gasteiger partial charge in [-0.15, -0.1) is 0 Å². The predicted molar refractivity (Wildman–Crippen MR) is 82.6 cm³/mol. The molecule has 1 heterocycles. The lowest BCUT2D eigenvalue weighted by Crippen LogP contribution is -2.38. The molecule has 1 aromatic heterocycles. The number of hydrogen-bond acceptors (Lipinski definition) is 5. The van der Waals surface area contributed by atoms with Gasteiger partial charge in [-0.2, -0.15) is 0 Å². The summed E-state index contributed by atoms with van der Waals surface area (Å²) >= 11 is 1.52. The van der Waals surface area contributed by atoms with Gasteiger partial charge in [0.1, 0.15) is 11.8 Å². The summed E-state index contributed by atoms with van der Waals surface area (Å²) in [4.78, 5) is 18.2. The van der Waals surface area contributed by atoms with Crippen LogP contribution in [0.1, 0.15) is 13.8 Å². The normalized spacial score (nSPS) is 12.2. The fourth-order valence-corrected chi connectivity index (χ4v) is 2.81. The van der Waals surface area contributed by atoms with Crippen LogP contribution in [0.15, 0.2) is 18.2 Å². The standard InChI is InChI=1S/C14H19N3O2S/c1-5-17(3)13(18)9(2)15-14-16-11-7-6-10(19-4)8-12(11)20-14/h6-9H,5H2,1-4H3,(H,15,16). The zero-order chi connectivity index (χ0) is 14.7. The van der Waals surface area contributed by atoms with E-state index < -0.39 is 0 Å². The fraction of sp³-hybridized carbons (Fsp3) is 0.429. The number of benzene rings is 1. The number of aromatic nitrogens is 1. The van der Waals surface area contributed by atoms with E-state index >= 15 is 0 Å². The third-order valence-corrected chi connectivity index (χ3v) is 4.11. The molecule has 0 bridgehead atoms. The smallest absolute Gasteiger partial charge is 0.244 e. The van der Waals surface area contributed by atoms with E-state index in [1.54, 1.807) is 19.1 Å². The van der Waals surface area contributed by atoms with Gasteiger partial charge in [-0.1, -0.05) is 11.3 Å². The summed E-state index contributed by atoms with van der Waals surface area (Å²) < 4.78 is 6.23. The Hall–Kier alpha value is -1.82. The van der Waals surface area contributed by atoms with Crippen molar-refractivity contribution in [2.45, 2.75) is 19.9 Å². The van der Waals surface area contributed by atoms with Crippen molar-refractivity contribution in [3.05, 3.63) is 18.2 Å². The summed E-state index contributed by atoms with van der Waals surface area (Å²) in [7, 11) is 3.44. The van der Waals surface area contributed by atoms with Gasteiger partial charge >= 0.3 is 0 Å². The van der Waals surface area contributed by atoms with E-state index in [4.69, 9.17) is 4.74 Å². The highest BCUT2D eigenvalue weighted by molar-refractivity contribution is 7.22. The molecule has 1 aromatic carbocycles. The van der Waals surface area contributed by atoms with Gasteiger partial charge in [-0.25, -0.2) is 4.98 Å². The van der Waals surface area contributed by atoms with Crippen LogP contribution in [0.25, 0.3) is 10.2 Å². The number of carbonyl (C=O) groups excluding carboxylic acids is 1. The number of anilines is 1. The number of nitrogens with zero attached hydrogens (tertiary/aromatic N) is 2. The van der Waals surface area contributed by atoms with Crippen LogP contribution in [0.5, 0.6) is 5.75 Å². The van der Waals surface area contributed by atoms with E-state index in [0.29, 0.717) is 6.54 Å². The molecule has 0 aliphatic carbocycles. The van der Waals surface area contributed by atoms with Crippen molar-refractivity contribution >= 4 is 32.6 Å². The average molecular weight is 293 g/mol. The van der Waals surface area contributed by atoms with Gasteiger partial charge in [-0.05, 0) is 32.0 Å². The molecule has 0 aliphatic rings. The number of nitrogens with one attached hydrogen (secondary N) is 1. The van der Waals surface area contributed by atoms with Crippen molar-refractivity contribution in [1.29, 1.82) is 0 Å². The van der Waals surface area contributed by atoms with Gasteiger partial charge in [0, 0.05) is 13.6 Å². The molecule has 2 rings (SSSR count). The SMILES string of the molecule is CCN(C)C(=O)C(C)Nc1nc2ccc(OC)cc2s1. The van der Waals surface area contributed by atoms with Gasteiger partial charge in [0.05, 0.1) is 17.3 Å². The molecule has 2 aromatic rings. The van der Waals surface area contributed by atoms with Gasteiger partial charge in [0.25, 0.3) is 0 Å². The second kappa shape index (κ2) is 6.09. The van der Waals surface area contributed by atoms with Crippen LogP contribution >= 0.6 is 11.3 Å². The number of thiazole rings is 1. The van der Waals surface area contributed by atoms with Crippen molar-refractivity contribution in [3.8, 4) is 5.75 Å². The number of amides is 1. The Balaban J connectivity index is 2.15. The molecule has 0 saturated heterocycles. The minimum Gasteiger partial charge on any atom is -0.497 e. The summed E-state index contributed by atoms with van der Waals surface area (Å²) in [5, 5.41) is 3.91. The minimum absolute atomic E-state index is 0.0596. The first kappa shape index (κ1) is 14.6. The molecule has 1 N–H and O–H groups in total. The lowest BCUT2D eigenvalue weighted by Gasteiger charge is -2.20. The Labute approximate surface area is 122 Å². The first-order chi connectivity index (χ1) is 9.55. The first-order valence-electron chi connectivity index (χ1n) is 6.51. The second-order valence-electron chi connectivity index (χ2n) is 4.57. The van der Waals surface area contributed by atoms with E-state index in [9.17, 15) is 4.79 Å². The summed E-state index contributed by atoms with van der Waals surface area (Å²) in [5.41, 5.74) is 0.904. The molecule has 1 amide bonds. The van der Waals surface area contributed by atoms with Gasteiger partial charge in [0.15, 0.2) is 5.13 Å². The topological polar surface area (TPSA) is 54.5 Å². The molecule has 0 spiro atoms.